The minimum Gasteiger partial charge on any atom is -0.468 e. The van der Waals surface area contributed by atoms with E-state index < -0.39 is 0 Å². The first-order valence-electron chi connectivity index (χ1n) is 5.97. The first-order valence-corrected chi connectivity index (χ1v) is 6.35. The first-order chi connectivity index (χ1) is 8.45. The van der Waals surface area contributed by atoms with Gasteiger partial charge >= 0.3 is 5.97 Å². The molecule has 0 aliphatic carbocycles. The van der Waals surface area contributed by atoms with E-state index in [-0.39, 0.29) is 18.1 Å². The van der Waals surface area contributed by atoms with Gasteiger partial charge in [0.2, 0.25) is 0 Å². The zero-order chi connectivity index (χ0) is 13.7. The number of aryl methyl sites for hydroxylation is 1. The molecule has 1 atom stereocenters. The van der Waals surface area contributed by atoms with E-state index in [2.05, 4.69) is 10.4 Å². The van der Waals surface area contributed by atoms with E-state index in [1.54, 1.807) is 10.9 Å². The lowest BCUT2D eigenvalue weighted by Gasteiger charge is -2.19. The standard InChI is InChI=1S/C12H20ClN3O2/c1-8(2)15-11(12(17)18-4)5-6-16-9(3)10(13)7-14-16/h7-8,11,15H,5-6H2,1-4H3. The highest BCUT2D eigenvalue weighted by atomic mass is 35.5. The predicted octanol–water partition coefficient (Wildman–Crippen LogP) is 1.77. The summed E-state index contributed by atoms with van der Waals surface area (Å²) in [4.78, 5) is 11.6. The predicted molar refractivity (Wildman–Crippen MR) is 70.7 cm³/mol. The van der Waals surface area contributed by atoms with E-state index in [9.17, 15) is 4.79 Å². The van der Waals surface area contributed by atoms with Crippen LogP contribution in [0.1, 0.15) is 26.0 Å². The third-order valence-corrected chi connectivity index (χ3v) is 3.06. The molecule has 0 aliphatic rings. The van der Waals surface area contributed by atoms with Crippen molar-refractivity contribution in [2.75, 3.05) is 7.11 Å². The molecule has 1 N–H and O–H groups in total. The fourth-order valence-corrected chi connectivity index (χ4v) is 1.86. The maximum atomic E-state index is 11.6. The Labute approximate surface area is 112 Å². The van der Waals surface area contributed by atoms with Gasteiger partial charge in [-0.3, -0.25) is 9.48 Å². The molecule has 0 bridgehead atoms. The van der Waals surface area contributed by atoms with Crippen LogP contribution in [0, 0.1) is 6.92 Å². The first kappa shape index (κ1) is 15.0. The van der Waals surface area contributed by atoms with E-state index >= 15 is 0 Å². The van der Waals surface area contributed by atoms with E-state index in [1.807, 2.05) is 20.8 Å². The average molecular weight is 274 g/mol. The number of ether oxygens (including phenoxy) is 1. The number of nitrogens with zero attached hydrogens (tertiary/aromatic N) is 2. The smallest absolute Gasteiger partial charge is 0.322 e. The molecule has 0 saturated heterocycles. The molecule has 0 aliphatic heterocycles. The highest BCUT2D eigenvalue weighted by Crippen LogP contribution is 2.14. The molecule has 0 fully saturated rings. The Morgan fingerprint density at radius 2 is 2.28 bits per heavy atom. The van der Waals surface area contributed by atoms with E-state index in [0.29, 0.717) is 18.0 Å². The van der Waals surface area contributed by atoms with Crippen molar-refractivity contribution < 1.29 is 9.53 Å². The summed E-state index contributed by atoms with van der Waals surface area (Å²) < 4.78 is 6.57. The van der Waals surface area contributed by atoms with Crippen LogP contribution in [0.15, 0.2) is 6.20 Å². The zero-order valence-electron chi connectivity index (χ0n) is 11.2. The molecule has 1 heterocycles. The summed E-state index contributed by atoms with van der Waals surface area (Å²) in [5.74, 6) is -0.250. The second-order valence-corrected chi connectivity index (χ2v) is 4.89. The topological polar surface area (TPSA) is 56.2 Å². The fourth-order valence-electron chi connectivity index (χ4n) is 1.71. The van der Waals surface area contributed by atoms with Gasteiger partial charge in [-0.15, -0.1) is 0 Å². The minimum absolute atomic E-state index is 0.219. The summed E-state index contributed by atoms with van der Waals surface area (Å²) in [6, 6.07) is -0.103. The number of hydrogen-bond acceptors (Lipinski definition) is 4. The molecular weight excluding hydrogens is 254 g/mol. The van der Waals surface area contributed by atoms with E-state index in [1.165, 1.54) is 7.11 Å². The number of rotatable bonds is 6. The van der Waals surface area contributed by atoms with Crippen molar-refractivity contribution in [1.82, 2.24) is 15.1 Å². The van der Waals surface area contributed by atoms with E-state index in [4.69, 9.17) is 16.3 Å². The van der Waals surface area contributed by atoms with Crippen LogP contribution >= 0.6 is 11.6 Å². The van der Waals surface area contributed by atoms with Gasteiger partial charge in [0.25, 0.3) is 0 Å². The van der Waals surface area contributed by atoms with Crippen LogP contribution in [0.2, 0.25) is 5.02 Å². The van der Waals surface area contributed by atoms with Gasteiger partial charge in [0, 0.05) is 12.6 Å². The summed E-state index contributed by atoms with van der Waals surface area (Å²) in [7, 11) is 1.40. The average Bonchev–Trinajstić information content (AvgIpc) is 2.64. The van der Waals surface area contributed by atoms with Crippen molar-refractivity contribution in [3.63, 3.8) is 0 Å². The number of esters is 1. The van der Waals surface area contributed by atoms with Crippen LogP contribution in [0.5, 0.6) is 0 Å². The molecular formula is C12H20ClN3O2. The van der Waals surface area contributed by atoms with Crippen LogP contribution in [-0.4, -0.2) is 34.9 Å². The number of halogens is 1. The van der Waals surface area contributed by atoms with Crippen molar-refractivity contribution in [2.24, 2.45) is 0 Å². The minimum atomic E-state index is -0.322. The Balaban J connectivity index is 2.61. The molecule has 5 nitrogen and oxygen atoms in total. The van der Waals surface area contributed by atoms with Gasteiger partial charge in [0.1, 0.15) is 6.04 Å². The molecule has 0 amide bonds. The highest BCUT2D eigenvalue weighted by molar-refractivity contribution is 6.31. The SMILES string of the molecule is COC(=O)C(CCn1ncc(Cl)c1C)NC(C)C. The Hall–Kier alpha value is -1.07. The molecule has 102 valence electrons. The molecule has 1 aromatic rings. The van der Waals surface area contributed by atoms with Crippen LogP contribution in [0.4, 0.5) is 0 Å². The van der Waals surface area contributed by atoms with Crippen molar-refractivity contribution in [3.8, 4) is 0 Å². The molecule has 18 heavy (non-hydrogen) atoms. The monoisotopic (exact) mass is 273 g/mol. The Morgan fingerprint density at radius 1 is 1.61 bits per heavy atom. The molecule has 1 unspecified atom stereocenters. The van der Waals surface area contributed by atoms with Crippen molar-refractivity contribution >= 4 is 17.6 Å². The van der Waals surface area contributed by atoms with Crippen LogP contribution < -0.4 is 5.32 Å². The van der Waals surface area contributed by atoms with Gasteiger partial charge in [-0.2, -0.15) is 5.10 Å². The number of aromatic nitrogens is 2. The maximum absolute atomic E-state index is 11.6. The molecule has 0 radical (unpaired) electrons. The Bertz CT molecular complexity index is 404. The summed E-state index contributed by atoms with van der Waals surface area (Å²) in [6.07, 6.45) is 2.23. The quantitative estimate of drug-likeness (QED) is 0.803. The van der Waals surface area contributed by atoms with Gasteiger partial charge in [0.05, 0.1) is 24.0 Å². The van der Waals surface area contributed by atoms with Gasteiger partial charge in [-0.1, -0.05) is 25.4 Å². The molecule has 6 heteroatoms. The van der Waals surface area contributed by atoms with Gasteiger partial charge in [-0.05, 0) is 13.3 Å². The van der Waals surface area contributed by atoms with Gasteiger partial charge in [-0.25, -0.2) is 0 Å². The van der Waals surface area contributed by atoms with Crippen molar-refractivity contribution in [3.05, 3.63) is 16.9 Å². The number of hydrogen-bond donors (Lipinski definition) is 1. The molecule has 0 aromatic carbocycles. The lowest BCUT2D eigenvalue weighted by atomic mass is 10.2. The van der Waals surface area contributed by atoms with Crippen molar-refractivity contribution in [1.29, 1.82) is 0 Å². The Morgan fingerprint density at radius 3 is 2.72 bits per heavy atom. The summed E-state index contributed by atoms with van der Waals surface area (Å²) in [5.41, 5.74) is 0.907. The van der Waals surface area contributed by atoms with Crippen LogP contribution in [-0.2, 0) is 16.1 Å². The van der Waals surface area contributed by atoms with Crippen LogP contribution in [0.25, 0.3) is 0 Å². The normalized spacial score (nSPS) is 12.8. The number of methoxy groups -OCH3 is 1. The molecule has 0 saturated carbocycles. The van der Waals surface area contributed by atoms with Gasteiger partial charge < -0.3 is 10.1 Å². The largest absolute Gasteiger partial charge is 0.468 e. The molecule has 1 aromatic heterocycles. The van der Waals surface area contributed by atoms with E-state index in [0.717, 1.165) is 5.69 Å². The lowest BCUT2D eigenvalue weighted by molar-refractivity contribution is -0.143. The second kappa shape index (κ2) is 6.75. The number of carbonyl (C=O) groups is 1. The van der Waals surface area contributed by atoms with Crippen molar-refractivity contribution in [2.45, 2.75) is 45.8 Å². The summed E-state index contributed by atoms with van der Waals surface area (Å²) in [5, 5.41) is 7.98. The fraction of sp³-hybridized carbons (Fsp3) is 0.667. The highest BCUT2D eigenvalue weighted by Gasteiger charge is 2.20. The maximum Gasteiger partial charge on any atom is 0.322 e. The zero-order valence-corrected chi connectivity index (χ0v) is 12.0. The molecule has 1 rings (SSSR count). The number of carbonyl (C=O) groups excluding carboxylic acids is 1. The molecule has 0 spiro atoms. The Kier molecular flexibility index (Phi) is 5.62. The lowest BCUT2D eigenvalue weighted by Crippen LogP contribution is -2.42. The third-order valence-electron chi connectivity index (χ3n) is 2.69. The summed E-state index contributed by atoms with van der Waals surface area (Å²) in [6.45, 7) is 6.51. The number of nitrogens with one attached hydrogen (secondary N) is 1. The van der Waals surface area contributed by atoms with Gasteiger partial charge in [0.15, 0.2) is 0 Å². The third kappa shape index (κ3) is 3.99. The second-order valence-electron chi connectivity index (χ2n) is 4.49. The van der Waals surface area contributed by atoms with Crippen LogP contribution in [0.3, 0.4) is 0 Å². The summed E-state index contributed by atoms with van der Waals surface area (Å²) >= 11 is 5.93.